The number of hydrogen-bond donors (Lipinski definition) is 0. The highest BCUT2D eigenvalue weighted by molar-refractivity contribution is 4.23. The van der Waals surface area contributed by atoms with Crippen molar-refractivity contribution in [1.82, 2.24) is 0 Å². The Balaban J connectivity index is 1.97. The smallest absolute Gasteiger partial charge is 0.200 e. The Morgan fingerprint density at radius 1 is 1.75 bits per heavy atom. The largest absolute Gasteiger partial charge is 0.223 e. The average Bonchev–Trinajstić information content (AvgIpc) is 1.37. The Bertz CT molecular complexity index is 5.25. The van der Waals surface area contributed by atoms with Crippen molar-refractivity contribution in [2.45, 2.75) is 6.92 Å². The quantitative estimate of drug-likeness (QED) is 0.406. The third-order valence-electron chi connectivity index (χ3n) is 0.236. The minimum atomic E-state index is 1.62. The first-order valence-electron chi connectivity index (χ1n) is 1.22. The predicted molar refractivity (Wildman–Crippen MR) is 17.0 cm³/mol. The van der Waals surface area contributed by atoms with Crippen molar-refractivity contribution in [1.29, 1.82) is 0 Å². The summed E-state index contributed by atoms with van der Waals surface area (Å²) in [5, 5.41) is 0. The van der Waals surface area contributed by atoms with Gasteiger partial charge in [-0.1, -0.05) is 0 Å². The van der Waals surface area contributed by atoms with Gasteiger partial charge in [-0.05, 0) is 0 Å². The van der Waals surface area contributed by atoms with Gasteiger partial charge >= 0.3 is 0 Å². The molecule has 0 atom stereocenters. The van der Waals surface area contributed by atoms with E-state index in [0.29, 0.717) is 0 Å². The molecular formula is C3H7O+. The van der Waals surface area contributed by atoms with E-state index in [1.54, 1.807) is 13.7 Å². The highest BCUT2D eigenvalue weighted by Gasteiger charge is 1.67. The summed E-state index contributed by atoms with van der Waals surface area (Å²) in [7, 11) is 1.62. The molecule has 24 valence electrons. The zero-order chi connectivity index (χ0) is 3.41. The molecule has 0 amide bonds. The van der Waals surface area contributed by atoms with Gasteiger partial charge in [-0.15, -0.1) is 0 Å². The Kier molecular flexibility index (Phi) is 2.71. The lowest BCUT2D eigenvalue weighted by molar-refractivity contribution is 0.282. The lowest BCUT2D eigenvalue weighted by atomic mass is 10.9. The van der Waals surface area contributed by atoms with Crippen LogP contribution >= 0.6 is 0 Å². The molecule has 0 saturated carbocycles. The van der Waals surface area contributed by atoms with Crippen LogP contribution in [0, 0.1) is 6.61 Å². The molecule has 0 unspecified atom stereocenters. The molecule has 0 aliphatic carbocycles. The van der Waals surface area contributed by atoms with Crippen molar-refractivity contribution in [3.05, 3.63) is 6.61 Å². The molecule has 0 aromatic heterocycles. The van der Waals surface area contributed by atoms with Crippen LogP contribution in [-0.4, -0.2) is 7.11 Å². The molecule has 0 spiro atoms. The molecule has 0 aliphatic heterocycles. The van der Waals surface area contributed by atoms with Gasteiger partial charge in [0.1, 0.15) is 6.92 Å². The van der Waals surface area contributed by atoms with Crippen LogP contribution in [0.3, 0.4) is 0 Å². The van der Waals surface area contributed by atoms with Gasteiger partial charge in [0.25, 0.3) is 0 Å². The third kappa shape index (κ3) is 1.83. The van der Waals surface area contributed by atoms with E-state index in [1.165, 1.54) is 0 Å². The summed E-state index contributed by atoms with van der Waals surface area (Å²) < 4.78 is 4.42. The monoisotopic (exact) mass is 59.0 g/mol. The lowest BCUT2D eigenvalue weighted by Crippen LogP contribution is -1.63. The van der Waals surface area contributed by atoms with Crippen LogP contribution in [0.4, 0.5) is 0 Å². The zero-order valence-corrected chi connectivity index (χ0v) is 2.99. The summed E-state index contributed by atoms with van der Waals surface area (Å²) in [5.41, 5.74) is 0. The number of ether oxygens (including phenoxy) is 1. The molecule has 0 N–H and O–H groups in total. The Hall–Kier alpha value is -0.170. The van der Waals surface area contributed by atoms with Crippen LogP contribution in [0.5, 0.6) is 0 Å². The van der Waals surface area contributed by atoms with E-state index in [4.69, 9.17) is 0 Å². The van der Waals surface area contributed by atoms with Crippen molar-refractivity contribution < 1.29 is 4.74 Å². The van der Waals surface area contributed by atoms with Gasteiger partial charge in [0.15, 0.2) is 0 Å². The summed E-state index contributed by atoms with van der Waals surface area (Å²) in [5.74, 6) is 0. The highest BCUT2D eigenvalue weighted by Crippen LogP contribution is 1.63. The molecule has 0 rings (SSSR count). The summed E-state index contributed by atoms with van der Waals surface area (Å²) >= 11 is 0. The first kappa shape index (κ1) is 3.83. The first-order chi connectivity index (χ1) is 1.91. The first-order valence-corrected chi connectivity index (χ1v) is 1.22. The number of hydrogen-bond acceptors (Lipinski definition) is 1. The Morgan fingerprint density at radius 3 is 2.00 bits per heavy atom. The molecule has 1 heteroatoms. The van der Waals surface area contributed by atoms with E-state index in [0.717, 1.165) is 0 Å². The normalized spacial score (nSPS) is 6.50. The highest BCUT2D eigenvalue weighted by atomic mass is 16.5. The van der Waals surface area contributed by atoms with Crippen LogP contribution in [0.15, 0.2) is 0 Å². The maximum atomic E-state index is 4.42. The summed E-state index contributed by atoms with van der Waals surface area (Å²) in [4.78, 5) is 0. The van der Waals surface area contributed by atoms with Crippen LogP contribution in [0.2, 0.25) is 0 Å². The molecule has 1 nitrogen and oxygen atoms in total. The van der Waals surface area contributed by atoms with Gasteiger partial charge in [-0.25, -0.2) is 4.74 Å². The van der Waals surface area contributed by atoms with Gasteiger partial charge in [-0.3, -0.25) is 0 Å². The van der Waals surface area contributed by atoms with Crippen molar-refractivity contribution >= 4 is 0 Å². The lowest BCUT2D eigenvalue weighted by Gasteiger charge is -1.60. The van der Waals surface area contributed by atoms with E-state index in [-0.39, 0.29) is 0 Å². The van der Waals surface area contributed by atoms with E-state index in [9.17, 15) is 0 Å². The van der Waals surface area contributed by atoms with Crippen LogP contribution < -0.4 is 0 Å². The van der Waals surface area contributed by atoms with Gasteiger partial charge in [0.2, 0.25) is 6.61 Å². The SMILES string of the molecule is C[CH+]OC. The summed E-state index contributed by atoms with van der Waals surface area (Å²) in [6.45, 7) is 3.46. The van der Waals surface area contributed by atoms with Crippen molar-refractivity contribution in [3.8, 4) is 0 Å². The second kappa shape index (κ2) is 2.83. The zero-order valence-electron chi connectivity index (χ0n) is 2.99. The fraction of sp³-hybridized carbons (Fsp3) is 0.667. The molecule has 0 radical (unpaired) electrons. The Morgan fingerprint density at radius 2 is 2.00 bits per heavy atom. The predicted octanol–water partition coefficient (Wildman–Crippen LogP) is 0.814. The third-order valence-corrected chi connectivity index (χ3v) is 0.236. The van der Waals surface area contributed by atoms with Crippen LogP contribution in [0.1, 0.15) is 6.92 Å². The Labute approximate surface area is 26.6 Å². The van der Waals surface area contributed by atoms with Gasteiger partial charge in [0.05, 0.1) is 7.11 Å². The fourth-order valence-corrected chi connectivity index (χ4v) is 0. The van der Waals surface area contributed by atoms with E-state index in [2.05, 4.69) is 4.74 Å². The van der Waals surface area contributed by atoms with Crippen molar-refractivity contribution in [3.63, 3.8) is 0 Å². The van der Waals surface area contributed by atoms with Gasteiger partial charge < -0.3 is 0 Å². The molecule has 0 aromatic carbocycles. The van der Waals surface area contributed by atoms with Crippen molar-refractivity contribution in [2.24, 2.45) is 0 Å². The second-order valence-corrected chi connectivity index (χ2v) is 0.471. The molecule has 4 heavy (non-hydrogen) atoms. The maximum Gasteiger partial charge on any atom is 0.223 e. The molecule has 0 fully saturated rings. The van der Waals surface area contributed by atoms with E-state index in [1.807, 2.05) is 6.92 Å². The van der Waals surface area contributed by atoms with Crippen molar-refractivity contribution in [2.75, 3.05) is 7.11 Å². The topological polar surface area (TPSA) is 9.23 Å². The van der Waals surface area contributed by atoms with E-state index >= 15 is 0 Å². The maximum absolute atomic E-state index is 4.42. The number of methoxy groups -OCH3 is 1. The average molecular weight is 59.1 g/mol. The van der Waals surface area contributed by atoms with Crippen LogP contribution in [-0.2, 0) is 4.74 Å². The summed E-state index contributed by atoms with van der Waals surface area (Å²) in [6.07, 6.45) is 0. The number of rotatable bonds is 1. The van der Waals surface area contributed by atoms with Gasteiger partial charge in [-0.2, -0.15) is 0 Å². The molecule has 0 aromatic rings. The molecule has 0 bridgehead atoms. The van der Waals surface area contributed by atoms with E-state index < -0.39 is 0 Å². The molecular weight excluding hydrogens is 52.0 g/mol. The summed E-state index contributed by atoms with van der Waals surface area (Å²) in [6, 6.07) is 0. The second-order valence-electron chi connectivity index (χ2n) is 0.471. The van der Waals surface area contributed by atoms with Gasteiger partial charge in [0, 0.05) is 0 Å². The standard InChI is InChI=1S/C3H7O/c1-3-4-2/h3H,1-2H3/q+1. The molecule has 0 aliphatic rings. The fourth-order valence-electron chi connectivity index (χ4n) is 0. The van der Waals surface area contributed by atoms with Crippen LogP contribution in [0.25, 0.3) is 0 Å². The minimum absolute atomic E-state index is 1.62. The minimum Gasteiger partial charge on any atom is -0.200 e. The molecule has 0 saturated heterocycles. The molecule has 0 heterocycles.